The van der Waals surface area contributed by atoms with Crippen molar-refractivity contribution in [2.45, 2.75) is 25.9 Å². The minimum absolute atomic E-state index is 0.0312. The Morgan fingerprint density at radius 1 is 1.00 bits per heavy atom. The third kappa shape index (κ3) is 3.83. The van der Waals surface area contributed by atoms with Gasteiger partial charge in [0.05, 0.1) is 6.61 Å². The van der Waals surface area contributed by atoms with E-state index in [1.165, 1.54) is 0 Å². The van der Waals surface area contributed by atoms with Crippen LogP contribution in [0.15, 0.2) is 72.8 Å². The van der Waals surface area contributed by atoms with Gasteiger partial charge in [0.15, 0.2) is 0 Å². The van der Waals surface area contributed by atoms with Crippen LogP contribution in [0.5, 0.6) is 0 Å². The first kappa shape index (κ1) is 17.7. The van der Waals surface area contributed by atoms with Gasteiger partial charge in [-0.15, -0.1) is 0 Å². The van der Waals surface area contributed by atoms with Gasteiger partial charge in [-0.05, 0) is 5.92 Å². The molecule has 0 saturated heterocycles. The molecule has 0 bridgehead atoms. The summed E-state index contributed by atoms with van der Waals surface area (Å²) in [4.78, 5) is 0. The van der Waals surface area contributed by atoms with Gasteiger partial charge in [0.1, 0.15) is 7.14 Å². The van der Waals surface area contributed by atoms with Crippen molar-refractivity contribution in [2.75, 3.05) is 6.61 Å². The van der Waals surface area contributed by atoms with Crippen molar-refractivity contribution in [1.82, 2.24) is 0 Å². The summed E-state index contributed by atoms with van der Waals surface area (Å²) in [5, 5.41) is 10.9. The SMILES string of the molecule is CC[C@H](C)[C@@H](/C=C/CO)P(=O)(c1ccccc1)c1ccccc1. The van der Waals surface area contributed by atoms with Crippen molar-refractivity contribution in [3.05, 3.63) is 72.8 Å². The maximum atomic E-state index is 14.3. The molecule has 2 atom stereocenters. The summed E-state index contributed by atoms with van der Waals surface area (Å²) >= 11 is 0. The van der Waals surface area contributed by atoms with Gasteiger partial charge in [-0.25, -0.2) is 0 Å². The third-order valence-electron chi connectivity index (χ3n) is 4.37. The van der Waals surface area contributed by atoms with Gasteiger partial charge in [-0.2, -0.15) is 0 Å². The molecule has 0 radical (unpaired) electrons. The number of rotatable bonds is 7. The molecule has 1 N–H and O–H groups in total. The molecule has 0 saturated carbocycles. The van der Waals surface area contributed by atoms with Crippen LogP contribution in [0.25, 0.3) is 0 Å². The van der Waals surface area contributed by atoms with Crippen LogP contribution in [0.1, 0.15) is 20.3 Å². The quantitative estimate of drug-likeness (QED) is 0.617. The molecule has 3 heteroatoms. The summed E-state index contributed by atoms with van der Waals surface area (Å²) in [5.74, 6) is 0.254. The topological polar surface area (TPSA) is 37.3 Å². The van der Waals surface area contributed by atoms with E-state index < -0.39 is 7.14 Å². The highest BCUT2D eigenvalue weighted by Crippen LogP contribution is 2.52. The molecule has 0 aromatic heterocycles. The minimum Gasteiger partial charge on any atom is -0.392 e. The Kier molecular flexibility index (Phi) is 6.38. The summed E-state index contributed by atoms with van der Waals surface area (Å²) in [6.07, 6.45) is 4.59. The van der Waals surface area contributed by atoms with E-state index in [0.717, 1.165) is 17.0 Å². The van der Waals surface area contributed by atoms with E-state index >= 15 is 0 Å². The number of hydrogen-bond donors (Lipinski definition) is 1. The summed E-state index contributed by atoms with van der Waals surface area (Å²) in [6.45, 7) is 4.21. The van der Waals surface area contributed by atoms with Crippen molar-refractivity contribution >= 4 is 17.8 Å². The summed E-state index contributed by atoms with van der Waals surface area (Å²) in [7, 11) is -2.83. The van der Waals surface area contributed by atoms with Crippen LogP contribution in [0, 0.1) is 5.92 Å². The lowest BCUT2D eigenvalue weighted by atomic mass is 10.0. The first-order valence-electron chi connectivity index (χ1n) is 8.13. The van der Waals surface area contributed by atoms with Crippen LogP contribution in [0.3, 0.4) is 0 Å². The Balaban J connectivity index is 2.65. The Hall–Kier alpha value is -1.63. The second kappa shape index (κ2) is 8.29. The molecule has 0 aliphatic carbocycles. The highest BCUT2D eigenvalue weighted by atomic mass is 31.2. The molecule has 2 aromatic carbocycles. The second-order valence-electron chi connectivity index (χ2n) is 5.82. The summed E-state index contributed by atoms with van der Waals surface area (Å²) in [5.41, 5.74) is -0.121. The molecule has 0 heterocycles. The van der Waals surface area contributed by atoms with E-state index in [-0.39, 0.29) is 18.2 Å². The molecule has 23 heavy (non-hydrogen) atoms. The van der Waals surface area contributed by atoms with Crippen LogP contribution in [0.2, 0.25) is 0 Å². The maximum absolute atomic E-state index is 14.3. The van der Waals surface area contributed by atoms with E-state index in [1.807, 2.05) is 66.7 Å². The summed E-state index contributed by atoms with van der Waals surface area (Å²) in [6, 6.07) is 19.5. The minimum atomic E-state index is -2.83. The zero-order valence-corrected chi connectivity index (χ0v) is 14.7. The van der Waals surface area contributed by atoms with Crippen LogP contribution in [0.4, 0.5) is 0 Å². The average Bonchev–Trinajstić information content (AvgIpc) is 2.62. The number of allylic oxidation sites excluding steroid dienone is 1. The van der Waals surface area contributed by atoms with Crippen molar-refractivity contribution in [3.8, 4) is 0 Å². The number of aliphatic hydroxyl groups excluding tert-OH is 1. The van der Waals surface area contributed by atoms with Crippen molar-refractivity contribution in [1.29, 1.82) is 0 Å². The van der Waals surface area contributed by atoms with E-state index in [2.05, 4.69) is 13.8 Å². The molecule has 0 amide bonds. The lowest BCUT2D eigenvalue weighted by Gasteiger charge is -2.30. The Morgan fingerprint density at radius 3 is 1.87 bits per heavy atom. The average molecular weight is 328 g/mol. The maximum Gasteiger partial charge on any atom is 0.150 e. The normalized spacial score (nSPS) is 14.7. The van der Waals surface area contributed by atoms with Gasteiger partial charge in [0.2, 0.25) is 0 Å². The molecular formula is C20H25O2P. The first-order chi connectivity index (χ1) is 11.1. The van der Waals surface area contributed by atoms with Gasteiger partial charge in [-0.1, -0.05) is 93.1 Å². The first-order valence-corrected chi connectivity index (χ1v) is 9.90. The summed E-state index contributed by atoms with van der Waals surface area (Å²) < 4.78 is 14.3. The standard InChI is InChI=1S/C20H25O2P/c1-3-17(2)20(15-10-16-21)23(22,18-11-6-4-7-12-18)19-13-8-5-9-14-19/h4-15,17,20-21H,3,16H2,1-2H3/b15-10+/t17-,20+/m0/s1. The molecule has 0 unspecified atom stereocenters. The monoisotopic (exact) mass is 328 g/mol. The van der Waals surface area contributed by atoms with E-state index in [9.17, 15) is 9.67 Å². The van der Waals surface area contributed by atoms with Crippen LogP contribution < -0.4 is 10.6 Å². The Bertz CT molecular complexity index is 621. The van der Waals surface area contributed by atoms with Gasteiger partial charge in [-0.3, -0.25) is 0 Å². The van der Waals surface area contributed by atoms with Crippen molar-refractivity contribution in [3.63, 3.8) is 0 Å². The lowest BCUT2D eigenvalue weighted by molar-refractivity contribution is 0.342. The number of hydrogen-bond acceptors (Lipinski definition) is 2. The van der Waals surface area contributed by atoms with Crippen molar-refractivity contribution in [2.24, 2.45) is 5.92 Å². The predicted molar refractivity (Wildman–Crippen MR) is 99.2 cm³/mol. The Morgan fingerprint density at radius 2 is 1.48 bits per heavy atom. The van der Waals surface area contributed by atoms with Crippen LogP contribution >= 0.6 is 7.14 Å². The van der Waals surface area contributed by atoms with Gasteiger partial charge in [0, 0.05) is 16.3 Å². The molecule has 0 aliphatic heterocycles. The van der Waals surface area contributed by atoms with Gasteiger partial charge >= 0.3 is 0 Å². The highest BCUT2D eigenvalue weighted by molar-refractivity contribution is 7.79. The third-order valence-corrected chi connectivity index (χ3v) is 8.02. The van der Waals surface area contributed by atoms with Gasteiger partial charge < -0.3 is 9.67 Å². The number of benzene rings is 2. The molecule has 0 fully saturated rings. The molecule has 2 nitrogen and oxygen atoms in total. The molecular weight excluding hydrogens is 303 g/mol. The predicted octanol–water partition coefficient (Wildman–Crippen LogP) is 3.96. The molecule has 0 spiro atoms. The zero-order chi connectivity index (χ0) is 16.7. The highest BCUT2D eigenvalue weighted by Gasteiger charge is 2.37. The lowest BCUT2D eigenvalue weighted by Crippen LogP contribution is -2.29. The van der Waals surface area contributed by atoms with E-state index in [0.29, 0.717) is 0 Å². The zero-order valence-electron chi connectivity index (χ0n) is 13.8. The van der Waals surface area contributed by atoms with E-state index in [1.54, 1.807) is 6.08 Å². The fourth-order valence-electron chi connectivity index (χ4n) is 2.90. The van der Waals surface area contributed by atoms with E-state index in [4.69, 9.17) is 0 Å². The van der Waals surface area contributed by atoms with Crippen molar-refractivity contribution < 1.29 is 9.67 Å². The molecule has 0 aliphatic rings. The molecule has 2 rings (SSSR count). The van der Waals surface area contributed by atoms with Crippen LogP contribution in [-0.2, 0) is 4.57 Å². The second-order valence-corrected chi connectivity index (χ2v) is 8.76. The molecule has 2 aromatic rings. The molecule has 122 valence electrons. The fourth-order valence-corrected chi connectivity index (χ4v) is 6.41. The van der Waals surface area contributed by atoms with Gasteiger partial charge in [0.25, 0.3) is 0 Å². The fraction of sp³-hybridized carbons (Fsp3) is 0.300. The Labute approximate surface area is 139 Å². The largest absolute Gasteiger partial charge is 0.392 e. The smallest absolute Gasteiger partial charge is 0.150 e. The number of aliphatic hydroxyl groups is 1. The van der Waals surface area contributed by atoms with Crippen LogP contribution in [-0.4, -0.2) is 17.4 Å².